The van der Waals surface area contributed by atoms with Gasteiger partial charge < -0.3 is 21.5 Å². The van der Waals surface area contributed by atoms with Crippen molar-refractivity contribution in [3.8, 4) is 0 Å². The number of nitrogens with two attached hydrogens (primary N) is 1. The molecular formula is C9H17N3O4S. The molecule has 0 aromatic carbocycles. The number of hydrogen-bond acceptors (Lipinski definition) is 4. The number of aliphatic carboxylic acids is 1. The minimum Gasteiger partial charge on any atom is -0.480 e. The van der Waals surface area contributed by atoms with Gasteiger partial charge in [-0.25, -0.2) is 9.59 Å². The van der Waals surface area contributed by atoms with Gasteiger partial charge in [0.2, 0.25) is 5.91 Å². The van der Waals surface area contributed by atoms with Crippen molar-refractivity contribution in [1.29, 1.82) is 0 Å². The highest BCUT2D eigenvalue weighted by Gasteiger charge is 2.21. The molecule has 0 aliphatic heterocycles. The maximum atomic E-state index is 11.3. The molecule has 0 aromatic heterocycles. The number of rotatable bonds is 8. The third kappa shape index (κ3) is 8.38. The summed E-state index contributed by atoms with van der Waals surface area (Å²) in [5.41, 5.74) is 4.87. The number of thioether (sulfide) groups is 1. The van der Waals surface area contributed by atoms with Crippen LogP contribution in [0.4, 0.5) is 4.79 Å². The first kappa shape index (κ1) is 15.6. The summed E-state index contributed by atoms with van der Waals surface area (Å²) in [4.78, 5) is 32.5. The lowest BCUT2D eigenvalue weighted by Crippen LogP contribution is -2.47. The molecule has 0 heterocycles. The van der Waals surface area contributed by atoms with Gasteiger partial charge in [-0.2, -0.15) is 11.8 Å². The van der Waals surface area contributed by atoms with Gasteiger partial charge in [-0.3, -0.25) is 4.79 Å². The number of carboxylic acids is 1. The first-order valence-electron chi connectivity index (χ1n) is 5.01. The topological polar surface area (TPSA) is 122 Å². The second-order valence-electron chi connectivity index (χ2n) is 3.31. The molecule has 0 bridgehead atoms. The summed E-state index contributed by atoms with van der Waals surface area (Å²) in [6, 6.07) is -1.90. The Balaban J connectivity index is 3.96. The van der Waals surface area contributed by atoms with Crippen LogP contribution < -0.4 is 16.4 Å². The van der Waals surface area contributed by atoms with E-state index < -0.39 is 30.4 Å². The van der Waals surface area contributed by atoms with Gasteiger partial charge in [0.05, 0.1) is 6.42 Å². The van der Waals surface area contributed by atoms with Crippen molar-refractivity contribution in [1.82, 2.24) is 10.6 Å². The van der Waals surface area contributed by atoms with E-state index in [1.54, 1.807) is 11.8 Å². The molecule has 0 radical (unpaired) electrons. The van der Waals surface area contributed by atoms with E-state index in [-0.39, 0.29) is 0 Å². The minimum atomic E-state index is -1.29. The number of nitrogens with one attached hydrogen (secondary N) is 2. The lowest BCUT2D eigenvalue weighted by Gasteiger charge is -2.13. The van der Waals surface area contributed by atoms with E-state index in [1.807, 2.05) is 6.26 Å². The summed E-state index contributed by atoms with van der Waals surface area (Å²) in [5, 5.41) is 13.4. The number of hydrogen-bond donors (Lipinski definition) is 4. The smallest absolute Gasteiger partial charge is 0.326 e. The summed E-state index contributed by atoms with van der Waals surface area (Å²) in [6.45, 7) is 0.454. The van der Waals surface area contributed by atoms with E-state index in [0.29, 0.717) is 6.54 Å². The van der Waals surface area contributed by atoms with Crippen LogP contribution in [-0.2, 0) is 9.59 Å². The molecular weight excluding hydrogens is 246 g/mol. The van der Waals surface area contributed by atoms with Crippen LogP contribution in [0.3, 0.4) is 0 Å². The Kier molecular flexibility index (Phi) is 7.95. The molecule has 17 heavy (non-hydrogen) atoms. The number of urea groups is 1. The Hall–Kier alpha value is -1.44. The standard InChI is InChI=1S/C9H17N3O4S/c1-17-4-2-3-11-9(16)12-6(8(14)15)5-7(10)13/h6H,2-5H2,1H3,(H2,10,13)(H,14,15)(H2,11,12,16)/t6-/m1/s1. The van der Waals surface area contributed by atoms with Crippen LogP contribution in [0.2, 0.25) is 0 Å². The molecule has 3 amide bonds. The molecule has 0 unspecified atom stereocenters. The first-order chi connectivity index (χ1) is 7.97. The Morgan fingerprint density at radius 2 is 2.06 bits per heavy atom. The van der Waals surface area contributed by atoms with Crippen molar-refractivity contribution in [2.45, 2.75) is 18.9 Å². The fraction of sp³-hybridized carbons (Fsp3) is 0.667. The van der Waals surface area contributed by atoms with Gasteiger partial charge in [0.15, 0.2) is 0 Å². The molecule has 0 spiro atoms. The molecule has 0 aliphatic carbocycles. The van der Waals surface area contributed by atoms with Gasteiger partial charge in [-0.05, 0) is 18.4 Å². The number of amides is 3. The van der Waals surface area contributed by atoms with Gasteiger partial charge in [0, 0.05) is 6.54 Å². The maximum Gasteiger partial charge on any atom is 0.326 e. The zero-order valence-corrected chi connectivity index (χ0v) is 10.4. The highest BCUT2D eigenvalue weighted by atomic mass is 32.2. The van der Waals surface area contributed by atoms with Gasteiger partial charge in [-0.1, -0.05) is 0 Å². The van der Waals surface area contributed by atoms with E-state index in [0.717, 1.165) is 12.2 Å². The fourth-order valence-electron chi connectivity index (χ4n) is 1.03. The van der Waals surface area contributed by atoms with E-state index in [4.69, 9.17) is 10.8 Å². The van der Waals surface area contributed by atoms with Crippen LogP contribution in [0.25, 0.3) is 0 Å². The predicted octanol–water partition coefficient (Wildman–Crippen LogP) is -0.633. The molecule has 0 aliphatic rings. The van der Waals surface area contributed by atoms with Crippen LogP contribution in [0, 0.1) is 0 Å². The normalized spacial score (nSPS) is 11.6. The second kappa shape index (κ2) is 8.68. The summed E-state index contributed by atoms with van der Waals surface area (Å²) < 4.78 is 0. The van der Waals surface area contributed by atoms with Crippen molar-refractivity contribution >= 4 is 29.7 Å². The van der Waals surface area contributed by atoms with Gasteiger partial charge in [0.25, 0.3) is 0 Å². The largest absolute Gasteiger partial charge is 0.480 e. The predicted molar refractivity (Wildman–Crippen MR) is 64.8 cm³/mol. The zero-order chi connectivity index (χ0) is 13.3. The molecule has 0 fully saturated rings. The molecule has 98 valence electrons. The van der Waals surface area contributed by atoms with Crippen molar-refractivity contribution in [2.24, 2.45) is 5.73 Å². The van der Waals surface area contributed by atoms with Crippen LogP contribution in [0.5, 0.6) is 0 Å². The average Bonchev–Trinajstić information content (AvgIpc) is 2.22. The molecule has 8 heteroatoms. The molecule has 0 aromatic rings. The van der Waals surface area contributed by atoms with Crippen molar-refractivity contribution in [3.63, 3.8) is 0 Å². The molecule has 1 atom stereocenters. The van der Waals surface area contributed by atoms with E-state index in [2.05, 4.69) is 10.6 Å². The van der Waals surface area contributed by atoms with E-state index in [1.165, 1.54) is 0 Å². The second-order valence-corrected chi connectivity index (χ2v) is 4.29. The Bertz CT molecular complexity index is 285. The third-order valence-electron chi connectivity index (χ3n) is 1.82. The maximum absolute atomic E-state index is 11.3. The van der Waals surface area contributed by atoms with Crippen LogP contribution >= 0.6 is 11.8 Å². The highest BCUT2D eigenvalue weighted by molar-refractivity contribution is 7.98. The van der Waals surface area contributed by atoms with E-state index >= 15 is 0 Å². The Morgan fingerprint density at radius 3 is 2.53 bits per heavy atom. The van der Waals surface area contributed by atoms with Crippen LogP contribution in [-0.4, -0.2) is 47.6 Å². The lowest BCUT2D eigenvalue weighted by molar-refractivity contribution is -0.140. The third-order valence-corrected chi connectivity index (χ3v) is 2.52. The fourth-order valence-corrected chi connectivity index (χ4v) is 1.46. The van der Waals surface area contributed by atoms with Gasteiger partial charge in [-0.15, -0.1) is 0 Å². The molecule has 0 saturated heterocycles. The zero-order valence-electron chi connectivity index (χ0n) is 9.56. The number of carbonyl (C=O) groups is 3. The average molecular weight is 263 g/mol. The molecule has 5 N–H and O–H groups in total. The van der Waals surface area contributed by atoms with Crippen LogP contribution in [0.1, 0.15) is 12.8 Å². The molecule has 7 nitrogen and oxygen atoms in total. The summed E-state index contributed by atoms with van der Waals surface area (Å²) in [7, 11) is 0. The van der Waals surface area contributed by atoms with Crippen LogP contribution in [0.15, 0.2) is 0 Å². The number of carbonyl (C=O) groups excluding carboxylic acids is 2. The quantitative estimate of drug-likeness (QED) is 0.434. The van der Waals surface area contributed by atoms with Gasteiger partial charge in [0.1, 0.15) is 6.04 Å². The number of primary amides is 1. The highest BCUT2D eigenvalue weighted by Crippen LogP contribution is 1.94. The minimum absolute atomic E-state index is 0.423. The molecule has 0 saturated carbocycles. The Morgan fingerprint density at radius 1 is 1.41 bits per heavy atom. The van der Waals surface area contributed by atoms with Crippen molar-refractivity contribution < 1.29 is 19.5 Å². The summed E-state index contributed by atoms with van der Waals surface area (Å²) in [6.07, 6.45) is 2.32. The summed E-state index contributed by atoms with van der Waals surface area (Å²) >= 11 is 1.65. The molecule has 0 rings (SSSR count). The first-order valence-corrected chi connectivity index (χ1v) is 6.41. The van der Waals surface area contributed by atoms with E-state index in [9.17, 15) is 14.4 Å². The Labute approximate surface area is 104 Å². The summed E-state index contributed by atoms with van der Waals surface area (Å²) in [5.74, 6) is -1.16. The monoisotopic (exact) mass is 263 g/mol. The number of carboxylic acid groups (broad SMARTS) is 1. The SMILES string of the molecule is CSCCCNC(=O)N[C@H](CC(N)=O)C(=O)O. The van der Waals surface area contributed by atoms with Crippen molar-refractivity contribution in [3.05, 3.63) is 0 Å². The lowest BCUT2D eigenvalue weighted by atomic mass is 10.2. The van der Waals surface area contributed by atoms with Gasteiger partial charge >= 0.3 is 12.0 Å². The van der Waals surface area contributed by atoms with Crippen molar-refractivity contribution in [2.75, 3.05) is 18.6 Å².